The molecule has 1 amide bonds. The van der Waals surface area contributed by atoms with Gasteiger partial charge in [0.15, 0.2) is 0 Å². The second-order valence-corrected chi connectivity index (χ2v) is 9.58. The van der Waals surface area contributed by atoms with Crippen LogP contribution in [0.3, 0.4) is 0 Å². The molecule has 0 radical (unpaired) electrons. The lowest BCUT2D eigenvalue weighted by atomic mass is 10.0. The molecule has 2 aromatic carbocycles. The number of aromatic nitrogens is 1. The molecule has 9 heteroatoms. The van der Waals surface area contributed by atoms with E-state index in [9.17, 15) is 9.59 Å². The summed E-state index contributed by atoms with van der Waals surface area (Å²) in [7, 11) is 1.33. The minimum atomic E-state index is -0.714. The maximum absolute atomic E-state index is 12.6. The number of halogens is 2. The molecular weight excluding hydrogens is 511 g/mol. The number of pyridine rings is 1. The van der Waals surface area contributed by atoms with E-state index in [1.54, 1.807) is 30.3 Å². The van der Waals surface area contributed by atoms with Crippen LogP contribution in [-0.4, -0.2) is 36.6 Å². The number of methoxy groups -OCH3 is 1. The Kier molecular flexibility index (Phi) is 8.69. The summed E-state index contributed by atoms with van der Waals surface area (Å²) in [6, 6.07) is 15.6. The molecule has 7 nitrogen and oxygen atoms in total. The molecule has 1 aliphatic rings. The number of nitrogens with one attached hydrogen (secondary N) is 3. The number of carbonyl (C=O) groups is 2. The molecule has 192 valence electrons. The van der Waals surface area contributed by atoms with Crippen LogP contribution in [0.2, 0.25) is 10.0 Å². The fourth-order valence-electron chi connectivity index (χ4n) is 4.20. The van der Waals surface area contributed by atoms with E-state index < -0.39 is 12.0 Å². The van der Waals surface area contributed by atoms with Gasteiger partial charge < -0.3 is 20.7 Å². The van der Waals surface area contributed by atoms with E-state index >= 15 is 0 Å². The zero-order valence-corrected chi connectivity index (χ0v) is 22.0. The third-order valence-electron chi connectivity index (χ3n) is 6.07. The van der Waals surface area contributed by atoms with Gasteiger partial charge in [0, 0.05) is 29.9 Å². The minimum Gasteiger partial charge on any atom is -0.467 e. The van der Waals surface area contributed by atoms with E-state index in [0.29, 0.717) is 39.1 Å². The van der Waals surface area contributed by atoms with Crippen LogP contribution in [0.4, 0.5) is 11.5 Å². The molecule has 1 unspecified atom stereocenters. The molecular formula is C28H28Cl2N4O3. The van der Waals surface area contributed by atoms with Gasteiger partial charge in [-0.2, -0.15) is 0 Å². The molecule has 1 aromatic heterocycles. The molecule has 4 rings (SSSR count). The second-order valence-electron chi connectivity index (χ2n) is 8.76. The van der Waals surface area contributed by atoms with E-state index in [0.717, 1.165) is 30.8 Å². The van der Waals surface area contributed by atoms with Crippen LogP contribution in [-0.2, 0) is 33.6 Å². The average Bonchev–Trinajstić information content (AvgIpc) is 2.88. The zero-order chi connectivity index (χ0) is 26.4. The average molecular weight is 539 g/mol. The molecule has 0 aliphatic carbocycles. The summed E-state index contributed by atoms with van der Waals surface area (Å²) in [4.78, 5) is 29.6. The van der Waals surface area contributed by atoms with Crippen molar-refractivity contribution in [3.8, 4) is 0 Å². The molecule has 2 heterocycles. The third kappa shape index (κ3) is 6.81. The Balaban J connectivity index is 1.37. The highest BCUT2D eigenvalue weighted by molar-refractivity contribution is 6.37. The van der Waals surface area contributed by atoms with E-state index in [4.69, 9.17) is 27.9 Å². The molecule has 1 atom stereocenters. The van der Waals surface area contributed by atoms with Crippen molar-refractivity contribution in [2.24, 2.45) is 0 Å². The van der Waals surface area contributed by atoms with Crippen LogP contribution in [0.1, 0.15) is 28.8 Å². The smallest absolute Gasteiger partial charge is 0.328 e. The van der Waals surface area contributed by atoms with Crippen LogP contribution >= 0.6 is 23.2 Å². The maximum atomic E-state index is 12.6. The summed E-state index contributed by atoms with van der Waals surface area (Å²) in [5.41, 5.74) is 4.36. The van der Waals surface area contributed by atoms with Crippen molar-refractivity contribution >= 4 is 52.3 Å². The standard InChI is InChI=1S/C28H28Cl2N4O3/c1-17(26-22(29)6-3-7-23(26)30)32-24(28(36)37-2)15-18-8-11-20(12-9-18)33-25(35)16-21-13-10-19-5-4-14-31-27(19)34-21/h3,6-13,24,32H,1,4-5,14-16H2,2H3,(H,31,34)(H,33,35). The Morgan fingerprint density at radius 1 is 1.11 bits per heavy atom. The number of benzene rings is 2. The molecule has 3 aromatic rings. The highest BCUT2D eigenvalue weighted by Gasteiger charge is 2.22. The van der Waals surface area contributed by atoms with Crippen molar-refractivity contribution < 1.29 is 14.3 Å². The quantitative estimate of drug-likeness (QED) is 0.321. The zero-order valence-electron chi connectivity index (χ0n) is 20.4. The van der Waals surface area contributed by atoms with Gasteiger partial charge in [-0.05, 0) is 54.3 Å². The first-order valence-electron chi connectivity index (χ1n) is 11.9. The fraction of sp³-hybridized carbons (Fsp3) is 0.250. The largest absolute Gasteiger partial charge is 0.467 e. The lowest BCUT2D eigenvalue weighted by molar-refractivity contribution is -0.142. The normalized spacial score (nSPS) is 13.1. The van der Waals surface area contributed by atoms with Gasteiger partial charge in [0.25, 0.3) is 0 Å². The van der Waals surface area contributed by atoms with Crippen LogP contribution in [0.5, 0.6) is 0 Å². The van der Waals surface area contributed by atoms with Gasteiger partial charge in [0.05, 0.1) is 29.3 Å². The Morgan fingerprint density at radius 3 is 2.54 bits per heavy atom. The molecule has 0 saturated heterocycles. The van der Waals surface area contributed by atoms with Crippen molar-refractivity contribution in [3.05, 3.63) is 93.6 Å². The maximum Gasteiger partial charge on any atom is 0.328 e. The monoisotopic (exact) mass is 538 g/mol. The lowest BCUT2D eigenvalue weighted by Crippen LogP contribution is -2.38. The van der Waals surface area contributed by atoms with Gasteiger partial charge in [0.2, 0.25) is 5.91 Å². The Bertz CT molecular complexity index is 1290. The van der Waals surface area contributed by atoms with Crippen LogP contribution in [0, 0.1) is 0 Å². The number of aryl methyl sites for hydroxylation is 1. The van der Waals surface area contributed by atoms with E-state index in [1.807, 2.05) is 24.3 Å². The number of ether oxygens (including phenoxy) is 1. The van der Waals surface area contributed by atoms with Gasteiger partial charge in [-0.1, -0.05) is 54.0 Å². The predicted octanol–water partition coefficient (Wildman–Crippen LogP) is 5.27. The first-order chi connectivity index (χ1) is 17.8. The fourth-order valence-corrected chi connectivity index (χ4v) is 4.83. The number of anilines is 2. The Labute approximate surface area is 226 Å². The molecule has 3 N–H and O–H groups in total. The SMILES string of the molecule is C=C(NC(Cc1ccc(NC(=O)Cc2ccc3c(n2)NCCC3)cc1)C(=O)OC)c1c(Cl)cccc1Cl. The number of rotatable bonds is 9. The first kappa shape index (κ1) is 26.5. The molecule has 1 aliphatic heterocycles. The van der Waals surface area contributed by atoms with Crippen molar-refractivity contribution in [2.75, 3.05) is 24.3 Å². The topological polar surface area (TPSA) is 92.4 Å². The van der Waals surface area contributed by atoms with E-state index in [2.05, 4.69) is 27.5 Å². The second kappa shape index (κ2) is 12.1. The molecule has 0 spiro atoms. The van der Waals surface area contributed by atoms with Crippen LogP contribution < -0.4 is 16.0 Å². The molecule has 37 heavy (non-hydrogen) atoms. The Hall–Kier alpha value is -3.55. The summed E-state index contributed by atoms with van der Waals surface area (Å²) in [5, 5.41) is 10.1. The first-order valence-corrected chi connectivity index (χ1v) is 12.7. The van der Waals surface area contributed by atoms with Gasteiger partial charge in [-0.3, -0.25) is 4.79 Å². The summed E-state index contributed by atoms with van der Waals surface area (Å²) in [6.07, 6.45) is 2.60. The highest BCUT2D eigenvalue weighted by atomic mass is 35.5. The number of fused-ring (bicyclic) bond motifs is 1. The molecule has 0 fully saturated rings. The number of hydrogen-bond acceptors (Lipinski definition) is 6. The predicted molar refractivity (Wildman–Crippen MR) is 148 cm³/mol. The summed E-state index contributed by atoms with van der Waals surface area (Å²) in [6.45, 7) is 4.90. The van der Waals surface area contributed by atoms with Crippen molar-refractivity contribution in [1.82, 2.24) is 10.3 Å². The van der Waals surface area contributed by atoms with Gasteiger partial charge in [-0.25, -0.2) is 9.78 Å². The third-order valence-corrected chi connectivity index (χ3v) is 6.70. The van der Waals surface area contributed by atoms with Crippen LogP contribution in [0.15, 0.2) is 61.2 Å². The van der Waals surface area contributed by atoms with Crippen molar-refractivity contribution in [1.29, 1.82) is 0 Å². The number of carbonyl (C=O) groups excluding carboxylic acids is 2. The Morgan fingerprint density at radius 2 is 1.84 bits per heavy atom. The van der Waals surface area contributed by atoms with Crippen molar-refractivity contribution in [3.63, 3.8) is 0 Å². The van der Waals surface area contributed by atoms with Gasteiger partial charge in [-0.15, -0.1) is 0 Å². The van der Waals surface area contributed by atoms with E-state index in [1.165, 1.54) is 12.7 Å². The summed E-state index contributed by atoms with van der Waals surface area (Å²) in [5.74, 6) is 0.265. The summed E-state index contributed by atoms with van der Waals surface area (Å²) < 4.78 is 4.97. The van der Waals surface area contributed by atoms with Crippen molar-refractivity contribution in [2.45, 2.75) is 31.7 Å². The molecule has 0 bridgehead atoms. The highest BCUT2D eigenvalue weighted by Crippen LogP contribution is 2.29. The number of hydrogen-bond donors (Lipinski definition) is 3. The lowest BCUT2D eigenvalue weighted by Gasteiger charge is -2.21. The van der Waals surface area contributed by atoms with E-state index in [-0.39, 0.29) is 12.3 Å². The summed E-state index contributed by atoms with van der Waals surface area (Å²) >= 11 is 12.6. The number of nitrogens with zero attached hydrogens (tertiary/aromatic N) is 1. The minimum absolute atomic E-state index is 0.155. The number of amides is 1. The van der Waals surface area contributed by atoms with Gasteiger partial charge >= 0.3 is 5.97 Å². The number of esters is 1. The van der Waals surface area contributed by atoms with Crippen LogP contribution in [0.25, 0.3) is 5.70 Å². The van der Waals surface area contributed by atoms with Gasteiger partial charge in [0.1, 0.15) is 11.9 Å². The molecule has 0 saturated carbocycles.